The Hall–Kier alpha value is -1.25. The molecule has 0 bridgehead atoms. The van der Waals surface area contributed by atoms with E-state index in [0.717, 1.165) is 17.2 Å². The van der Waals surface area contributed by atoms with Crippen LogP contribution >= 0.6 is 11.5 Å². The Balaban J connectivity index is 2.59. The number of nitrogen functional groups attached to an aromatic ring is 1. The normalized spacial score (nSPS) is 10.5. The standard InChI is InChI=1S/C8H16N6OS/c1-3-14(5-7(15)10-2)4-6-8(11-9)16-13-12-6/h11H,3-5,9H2,1-2H3,(H,10,15). The minimum absolute atomic E-state index is 0.0210. The largest absolute Gasteiger partial charge is 0.358 e. The molecule has 16 heavy (non-hydrogen) atoms. The minimum atomic E-state index is -0.0210. The zero-order chi connectivity index (χ0) is 12.0. The van der Waals surface area contributed by atoms with Gasteiger partial charge in [-0.2, -0.15) is 0 Å². The van der Waals surface area contributed by atoms with Gasteiger partial charge in [-0.15, -0.1) is 5.10 Å². The Morgan fingerprint density at radius 2 is 2.38 bits per heavy atom. The quantitative estimate of drug-likeness (QED) is 0.456. The molecule has 4 N–H and O–H groups in total. The van der Waals surface area contributed by atoms with Crippen molar-refractivity contribution < 1.29 is 4.79 Å². The molecule has 0 saturated carbocycles. The van der Waals surface area contributed by atoms with E-state index in [4.69, 9.17) is 5.84 Å². The first-order valence-corrected chi connectivity index (χ1v) is 5.69. The third-order valence-corrected chi connectivity index (χ3v) is 2.85. The summed E-state index contributed by atoms with van der Waals surface area (Å²) in [5.74, 6) is 5.30. The second-order valence-electron chi connectivity index (χ2n) is 3.17. The Kier molecular flexibility index (Phi) is 5.09. The van der Waals surface area contributed by atoms with Crippen molar-refractivity contribution in [3.8, 4) is 0 Å². The van der Waals surface area contributed by atoms with Crippen molar-refractivity contribution in [3.63, 3.8) is 0 Å². The lowest BCUT2D eigenvalue weighted by molar-refractivity contribution is -0.121. The van der Waals surface area contributed by atoms with Gasteiger partial charge in [0.2, 0.25) is 5.91 Å². The first kappa shape index (κ1) is 12.8. The zero-order valence-electron chi connectivity index (χ0n) is 9.36. The molecule has 0 aromatic carbocycles. The van der Waals surface area contributed by atoms with Crippen LogP contribution in [-0.2, 0) is 11.3 Å². The van der Waals surface area contributed by atoms with Crippen LogP contribution in [0.25, 0.3) is 0 Å². The second kappa shape index (κ2) is 6.36. The lowest BCUT2D eigenvalue weighted by Crippen LogP contribution is -2.35. The number of carbonyl (C=O) groups is 1. The molecule has 0 aliphatic rings. The third kappa shape index (κ3) is 3.40. The lowest BCUT2D eigenvalue weighted by atomic mass is 10.3. The number of hydrogen-bond donors (Lipinski definition) is 3. The summed E-state index contributed by atoms with van der Waals surface area (Å²) in [5, 5.41) is 7.28. The summed E-state index contributed by atoms with van der Waals surface area (Å²) in [7, 11) is 1.62. The summed E-state index contributed by atoms with van der Waals surface area (Å²) in [6.45, 7) is 3.64. The van der Waals surface area contributed by atoms with Gasteiger partial charge in [0.15, 0.2) is 0 Å². The molecule has 0 radical (unpaired) electrons. The number of hydrogen-bond acceptors (Lipinski definition) is 7. The van der Waals surface area contributed by atoms with Crippen LogP contribution in [0, 0.1) is 0 Å². The molecule has 1 aromatic rings. The Morgan fingerprint density at radius 1 is 1.62 bits per heavy atom. The lowest BCUT2D eigenvalue weighted by Gasteiger charge is -2.18. The molecular weight excluding hydrogens is 228 g/mol. The molecule has 0 spiro atoms. The van der Waals surface area contributed by atoms with E-state index in [1.54, 1.807) is 7.05 Å². The van der Waals surface area contributed by atoms with Gasteiger partial charge in [0.1, 0.15) is 10.7 Å². The van der Waals surface area contributed by atoms with Crippen LogP contribution in [0.5, 0.6) is 0 Å². The van der Waals surface area contributed by atoms with Gasteiger partial charge in [0.05, 0.1) is 6.54 Å². The number of rotatable bonds is 6. The fourth-order valence-electron chi connectivity index (χ4n) is 1.20. The maximum Gasteiger partial charge on any atom is 0.233 e. The predicted octanol–water partition coefficient (Wildman–Crippen LogP) is -0.608. The van der Waals surface area contributed by atoms with Crippen molar-refractivity contribution in [2.24, 2.45) is 5.84 Å². The van der Waals surface area contributed by atoms with E-state index in [2.05, 4.69) is 20.3 Å². The summed E-state index contributed by atoms with van der Waals surface area (Å²) in [4.78, 5) is 13.2. The fourth-order valence-corrected chi connectivity index (χ4v) is 1.68. The molecule has 1 aromatic heterocycles. The van der Waals surface area contributed by atoms with Crippen molar-refractivity contribution in [1.29, 1.82) is 0 Å². The Labute approximate surface area is 98.1 Å². The second-order valence-corrected chi connectivity index (χ2v) is 3.92. The third-order valence-electron chi connectivity index (χ3n) is 2.15. The highest BCUT2D eigenvalue weighted by molar-refractivity contribution is 7.10. The monoisotopic (exact) mass is 244 g/mol. The number of likely N-dealkylation sites (N-methyl/N-ethyl adjacent to an activating group) is 2. The smallest absolute Gasteiger partial charge is 0.233 e. The first-order valence-electron chi connectivity index (χ1n) is 4.92. The van der Waals surface area contributed by atoms with Crippen LogP contribution in [0.15, 0.2) is 0 Å². The van der Waals surface area contributed by atoms with Crippen LogP contribution in [0.1, 0.15) is 12.6 Å². The molecule has 0 saturated heterocycles. The van der Waals surface area contributed by atoms with Crippen LogP contribution in [0.3, 0.4) is 0 Å². The molecule has 8 heteroatoms. The minimum Gasteiger partial charge on any atom is -0.358 e. The summed E-state index contributed by atoms with van der Waals surface area (Å²) in [6.07, 6.45) is 0. The van der Waals surface area contributed by atoms with E-state index in [1.165, 1.54) is 11.5 Å². The van der Waals surface area contributed by atoms with Crippen molar-refractivity contribution >= 4 is 22.4 Å². The summed E-state index contributed by atoms with van der Waals surface area (Å²) >= 11 is 1.20. The molecule has 7 nitrogen and oxygen atoms in total. The number of nitrogens with two attached hydrogens (primary N) is 1. The highest BCUT2D eigenvalue weighted by Crippen LogP contribution is 2.17. The van der Waals surface area contributed by atoms with E-state index < -0.39 is 0 Å². The molecule has 0 unspecified atom stereocenters. The SMILES string of the molecule is CCN(CC(=O)NC)Cc1nnsc1NN. The number of aromatic nitrogens is 2. The van der Waals surface area contributed by atoms with E-state index in [1.807, 2.05) is 11.8 Å². The van der Waals surface area contributed by atoms with Gasteiger partial charge in [-0.1, -0.05) is 11.4 Å². The van der Waals surface area contributed by atoms with Crippen LogP contribution < -0.4 is 16.6 Å². The fraction of sp³-hybridized carbons (Fsp3) is 0.625. The average Bonchev–Trinajstić information content (AvgIpc) is 2.75. The van der Waals surface area contributed by atoms with Crippen molar-refractivity contribution in [2.75, 3.05) is 25.6 Å². The van der Waals surface area contributed by atoms with Crippen LogP contribution in [-0.4, -0.2) is 40.5 Å². The van der Waals surface area contributed by atoms with Crippen LogP contribution in [0.4, 0.5) is 5.00 Å². The molecule has 0 fully saturated rings. The molecule has 0 aliphatic carbocycles. The highest BCUT2D eigenvalue weighted by atomic mass is 32.1. The van der Waals surface area contributed by atoms with Gasteiger partial charge in [0, 0.05) is 25.1 Å². The molecule has 1 amide bonds. The Morgan fingerprint density at radius 3 is 2.94 bits per heavy atom. The van der Waals surface area contributed by atoms with Gasteiger partial charge in [0.25, 0.3) is 0 Å². The molecule has 0 aliphatic heterocycles. The number of amides is 1. The van der Waals surface area contributed by atoms with Gasteiger partial charge in [-0.25, -0.2) is 5.84 Å². The Bertz CT molecular complexity index is 341. The summed E-state index contributed by atoms with van der Waals surface area (Å²) in [5.41, 5.74) is 3.30. The maximum absolute atomic E-state index is 11.2. The van der Waals surface area contributed by atoms with E-state index in [9.17, 15) is 4.79 Å². The van der Waals surface area contributed by atoms with Gasteiger partial charge in [-0.05, 0) is 6.54 Å². The van der Waals surface area contributed by atoms with Crippen LogP contribution in [0.2, 0.25) is 0 Å². The number of hydrazine groups is 1. The predicted molar refractivity (Wildman–Crippen MR) is 62.7 cm³/mol. The highest BCUT2D eigenvalue weighted by Gasteiger charge is 2.13. The molecule has 90 valence electrons. The maximum atomic E-state index is 11.2. The van der Waals surface area contributed by atoms with Crippen molar-refractivity contribution in [3.05, 3.63) is 5.69 Å². The molecule has 0 atom stereocenters. The van der Waals surface area contributed by atoms with Crippen molar-refractivity contribution in [1.82, 2.24) is 19.8 Å². The first-order chi connectivity index (χ1) is 7.71. The number of nitrogens with one attached hydrogen (secondary N) is 2. The summed E-state index contributed by atoms with van der Waals surface area (Å²) < 4.78 is 3.80. The van der Waals surface area contributed by atoms with E-state index >= 15 is 0 Å². The number of nitrogens with zero attached hydrogens (tertiary/aromatic N) is 3. The van der Waals surface area contributed by atoms with E-state index in [0.29, 0.717) is 13.1 Å². The topological polar surface area (TPSA) is 96.2 Å². The number of carbonyl (C=O) groups excluding carboxylic acids is 1. The number of anilines is 1. The summed E-state index contributed by atoms with van der Waals surface area (Å²) in [6, 6.07) is 0. The van der Waals surface area contributed by atoms with E-state index in [-0.39, 0.29) is 5.91 Å². The zero-order valence-corrected chi connectivity index (χ0v) is 10.2. The van der Waals surface area contributed by atoms with Crippen molar-refractivity contribution in [2.45, 2.75) is 13.5 Å². The van der Waals surface area contributed by atoms with Gasteiger partial charge in [-0.3, -0.25) is 9.69 Å². The molecule has 1 heterocycles. The molecule has 1 rings (SSSR count). The van der Waals surface area contributed by atoms with Gasteiger partial charge >= 0.3 is 0 Å². The molecular formula is C8H16N6OS. The average molecular weight is 244 g/mol. The van der Waals surface area contributed by atoms with Gasteiger partial charge < -0.3 is 10.7 Å².